The summed E-state index contributed by atoms with van der Waals surface area (Å²) in [4.78, 5) is 0. The molecule has 0 bridgehead atoms. The summed E-state index contributed by atoms with van der Waals surface area (Å²) < 4.78 is 21.7. The number of ether oxygens (including phenoxy) is 4. The van der Waals surface area contributed by atoms with Gasteiger partial charge in [0.15, 0.2) is 6.79 Å². The van der Waals surface area contributed by atoms with Gasteiger partial charge in [0.2, 0.25) is 0 Å². The molecule has 2 aromatic carbocycles. The summed E-state index contributed by atoms with van der Waals surface area (Å²) in [7, 11) is 1.63. The van der Waals surface area contributed by atoms with E-state index in [2.05, 4.69) is 0 Å². The molecule has 1 aliphatic rings. The molecule has 0 spiro atoms. The zero-order chi connectivity index (χ0) is 14.7. The van der Waals surface area contributed by atoms with Crippen molar-refractivity contribution in [3.8, 4) is 17.2 Å². The Hall–Kier alpha value is -2.40. The van der Waals surface area contributed by atoms with Crippen molar-refractivity contribution >= 4 is 5.69 Å². The third-order valence-corrected chi connectivity index (χ3v) is 3.26. The second-order valence-electron chi connectivity index (χ2n) is 4.74. The van der Waals surface area contributed by atoms with Gasteiger partial charge in [-0.3, -0.25) is 0 Å². The molecule has 1 aliphatic heterocycles. The molecular formula is C16H17NO4. The van der Waals surface area contributed by atoms with Crippen LogP contribution >= 0.6 is 0 Å². The van der Waals surface area contributed by atoms with Gasteiger partial charge in [-0.15, -0.1) is 0 Å². The fourth-order valence-electron chi connectivity index (χ4n) is 2.27. The van der Waals surface area contributed by atoms with E-state index < -0.39 is 0 Å². The Balaban J connectivity index is 1.76. The molecule has 5 nitrogen and oxygen atoms in total. The molecule has 0 atom stereocenters. The topological polar surface area (TPSA) is 62.9 Å². The standard InChI is InChI=1S/C16H17NO4/c1-18-14-2-4-15(5-3-14)20-9-12-7-13(17)6-11-8-19-10-21-16(11)12/h2-7H,8-10,17H2,1H3. The second-order valence-corrected chi connectivity index (χ2v) is 4.74. The number of benzene rings is 2. The summed E-state index contributed by atoms with van der Waals surface area (Å²) in [6, 6.07) is 11.2. The summed E-state index contributed by atoms with van der Waals surface area (Å²) in [6.45, 7) is 1.15. The molecule has 0 saturated heterocycles. The lowest BCUT2D eigenvalue weighted by atomic mass is 10.1. The Labute approximate surface area is 123 Å². The molecule has 0 amide bonds. The number of hydrogen-bond donors (Lipinski definition) is 1. The summed E-state index contributed by atoms with van der Waals surface area (Å²) >= 11 is 0. The van der Waals surface area contributed by atoms with Crippen molar-refractivity contribution in [2.24, 2.45) is 0 Å². The van der Waals surface area contributed by atoms with Crippen LogP contribution in [-0.2, 0) is 18.0 Å². The molecule has 2 N–H and O–H groups in total. The molecule has 0 fully saturated rings. The minimum Gasteiger partial charge on any atom is -0.497 e. The van der Waals surface area contributed by atoms with E-state index in [1.165, 1.54) is 0 Å². The molecule has 2 aromatic rings. The first-order chi connectivity index (χ1) is 10.3. The molecule has 3 rings (SSSR count). The van der Waals surface area contributed by atoms with Crippen molar-refractivity contribution in [1.29, 1.82) is 0 Å². The summed E-state index contributed by atoms with van der Waals surface area (Å²) in [5.74, 6) is 2.37. The average Bonchev–Trinajstić information content (AvgIpc) is 2.53. The van der Waals surface area contributed by atoms with E-state index in [1.807, 2.05) is 36.4 Å². The van der Waals surface area contributed by atoms with Crippen LogP contribution < -0.4 is 19.9 Å². The first kappa shape index (κ1) is 13.6. The van der Waals surface area contributed by atoms with E-state index in [0.29, 0.717) is 18.9 Å². The van der Waals surface area contributed by atoms with Gasteiger partial charge in [-0.2, -0.15) is 0 Å². The minimum absolute atomic E-state index is 0.256. The Morgan fingerprint density at radius 3 is 2.67 bits per heavy atom. The van der Waals surface area contributed by atoms with Crippen LogP contribution in [0.1, 0.15) is 11.1 Å². The SMILES string of the molecule is COc1ccc(OCc2cc(N)cc3c2OCOC3)cc1. The molecule has 5 heteroatoms. The lowest BCUT2D eigenvalue weighted by molar-refractivity contribution is -0.0175. The third-order valence-electron chi connectivity index (χ3n) is 3.26. The number of methoxy groups -OCH3 is 1. The average molecular weight is 287 g/mol. The second kappa shape index (κ2) is 5.93. The van der Waals surface area contributed by atoms with Crippen LogP contribution in [-0.4, -0.2) is 13.9 Å². The largest absolute Gasteiger partial charge is 0.497 e. The summed E-state index contributed by atoms with van der Waals surface area (Å²) in [5.41, 5.74) is 8.46. The lowest BCUT2D eigenvalue weighted by Gasteiger charge is -2.21. The fraction of sp³-hybridized carbons (Fsp3) is 0.250. The Kier molecular flexibility index (Phi) is 3.83. The van der Waals surface area contributed by atoms with Gasteiger partial charge in [-0.05, 0) is 36.4 Å². The van der Waals surface area contributed by atoms with Crippen molar-refractivity contribution in [3.05, 3.63) is 47.5 Å². The van der Waals surface area contributed by atoms with Gasteiger partial charge >= 0.3 is 0 Å². The van der Waals surface area contributed by atoms with Crippen LogP contribution in [0.4, 0.5) is 5.69 Å². The molecule has 21 heavy (non-hydrogen) atoms. The molecule has 0 radical (unpaired) electrons. The van der Waals surface area contributed by atoms with Gasteiger partial charge in [0.1, 0.15) is 23.9 Å². The van der Waals surface area contributed by atoms with Crippen molar-refractivity contribution in [1.82, 2.24) is 0 Å². The van der Waals surface area contributed by atoms with Gasteiger partial charge in [-0.25, -0.2) is 0 Å². The molecule has 110 valence electrons. The minimum atomic E-state index is 0.256. The highest BCUT2D eigenvalue weighted by atomic mass is 16.7. The third kappa shape index (κ3) is 3.03. The van der Waals surface area contributed by atoms with Crippen molar-refractivity contribution in [2.45, 2.75) is 13.2 Å². The van der Waals surface area contributed by atoms with E-state index in [4.69, 9.17) is 24.7 Å². The molecule has 0 saturated carbocycles. The van der Waals surface area contributed by atoms with Gasteiger partial charge < -0.3 is 24.7 Å². The number of rotatable bonds is 4. The van der Waals surface area contributed by atoms with Crippen molar-refractivity contribution in [2.75, 3.05) is 19.6 Å². The number of nitrogens with two attached hydrogens (primary N) is 1. The van der Waals surface area contributed by atoms with E-state index in [1.54, 1.807) is 7.11 Å². The Bertz CT molecular complexity index is 625. The lowest BCUT2D eigenvalue weighted by Crippen LogP contribution is -2.14. The van der Waals surface area contributed by atoms with E-state index in [9.17, 15) is 0 Å². The van der Waals surface area contributed by atoms with Gasteiger partial charge in [0.25, 0.3) is 0 Å². The van der Waals surface area contributed by atoms with Gasteiger partial charge in [-0.1, -0.05) is 0 Å². The zero-order valence-electron chi connectivity index (χ0n) is 11.8. The van der Waals surface area contributed by atoms with E-state index >= 15 is 0 Å². The molecular weight excluding hydrogens is 270 g/mol. The number of hydrogen-bond acceptors (Lipinski definition) is 5. The Morgan fingerprint density at radius 1 is 1.14 bits per heavy atom. The first-order valence-electron chi connectivity index (χ1n) is 6.65. The number of nitrogen functional groups attached to an aromatic ring is 1. The molecule has 0 aliphatic carbocycles. The Morgan fingerprint density at radius 2 is 1.90 bits per heavy atom. The van der Waals surface area contributed by atoms with Crippen molar-refractivity contribution < 1.29 is 18.9 Å². The fourth-order valence-corrected chi connectivity index (χ4v) is 2.27. The predicted octanol–water partition coefficient (Wildman–Crippen LogP) is 2.72. The highest BCUT2D eigenvalue weighted by Gasteiger charge is 2.16. The monoisotopic (exact) mass is 287 g/mol. The molecule has 0 aromatic heterocycles. The maximum atomic E-state index is 5.91. The highest BCUT2D eigenvalue weighted by Crippen LogP contribution is 2.31. The van der Waals surface area contributed by atoms with Crippen LogP contribution in [0.2, 0.25) is 0 Å². The predicted molar refractivity (Wildman–Crippen MR) is 78.5 cm³/mol. The highest BCUT2D eigenvalue weighted by molar-refractivity contribution is 5.53. The number of anilines is 1. The summed E-state index contributed by atoms with van der Waals surface area (Å²) in [5, 5.41) is 0. The number of fused-ring (bicyclic) bond motifs is 1. The van der Waals surface area contributed by atoms with E-state index in [-0.39, 0.29) is 6.79 Å². The maximum Gasteiger partial charge on any atom is 0.189 e. The van der Waals surface area contributed by atoms with E-state index in [0.717, 1.165) is 28.4 Å². The van der Waals surface area contributed by atoms with Crippen LogP contribution in [0, 0.1) is 0 Å². The summed E-state index contributed by atoms with van der Waals surface area (Å²) in [6.07, 6.45) is 0. The smallest absolute Gasteiger partial charge is 0.189 e. The van der Waals surface area contributed by atoms with Crippen LogP contribution in [0.5, 0.6) is 17.2 Å². The zero-order valence-corrected chi connectivity index (χ0v) is 11.8. The van der Waals surface area contributed by atoms with Crippen LogP contribution in [0.15, 0.2) is 36.4 Å². The molecule has 1 heterocycles. The normalized spacial score (nSPS) is 13.2. The first-order valence-corrected chi connectivity index (χ1v) is 6.65. The van der Waals surface area contributed by atoms with Gasteiger partial charge in [0, 0.05) is 16.8 Å². The van der Waals surface area contributed by atoms with Crippen LogP contribution in [0.25, 0.3) is 0 Å². The maximum absolute atomic E-state index is 5.91. The van der Waals surface area contributed by atoms with Crippen LogP contribution in [0.3, 0.4) is 0 Å². The molecule has 0 unspecified atom stereocenters. The van der Waals surface area contributed by atoms with Gasteiger partial charge in [0.05, 0.1) is 13.7 Å². The van der Waals surface area contributed by atoms with Crippen molar-refractivity contribution in [3.63, 3.8) is 0 Å². The quantitative estimate of drug-likeness (QED) is 0.876.